The van der Waals surface area contributed by atoms with E-state index in [0.29, 0.717) is 11.8 Å². The van der Waals surface area contributed by atoms with Gasteiger partial charge in [-0.25, -0.2) is 4.98 Å². The van der Waals surface area contributed by atoms with Gasteiger partial charge in [-0.05, 0) is 62.9 Å². The first kappa shape index (κ1) is 18.1. The lowest BCUT2D eigenvalue weighted by molar-refractivity contribution is 0.340. The molecule has 0 saturated heterocycles. The number of aryl methyl sites for hydroxylation is 2. The molecule has 27 heavy (non-hydrogen) atoms. The van der Waals surface area contributed by atoms with E-state index in [-0.39, 0.29) is 10.8 Å². The van der Waals surface area contributed by atoms with Crippen molar-refractivity contribution in [3.63, 3.8) is 0 Å². The van der Waals surface area contributed by atoms with Gasteiger partial charge in [0.1, 0.15) is 10.6 Å². The molecule has 0 N–H and O–H groups in total. The second-order valence-corrected chi connectivity index (χ2v) is 8.78. The highest BCUT2D eigenvalue weighted by atomic mass is 32.2. The summed E-state index contributed by atoms with van der Waals surface area (Å²) in [4.78, 5) is 20.3. The van der Waals surface area contributed by atoms with Crippen molar-refractivity contribution >= 4 is 33.3 Å². The number of nitriles is 1. The minimum atomic E-state index is -0.296. The van der Waals surface area contributed by atoms with Crippen molar-refractivity contribution in [2.45, 2.75) is 43.5 Å². The van der Waals surface area contributed by atoms with Crippen LogP contribution < -0.4 is 10.3 Å². The number of benzene rings is 1. The number of hydrogen-bond acceptors (Lipinski definition) is 6. The summed E-state index contributed by atoms with van der Waals surface area (Å²) < 4.78 is 7.15. The summed E-state index contributed by atoms with van der Waals surface area (Å²) in [6.07, 6.45) is 3.06. The first-order valence-electron chi connectivity index (χ1n) is 8.99. The summed E-state index contributed by atoms with van der Waals surface area (Å²) >= 11 is 2.94. The number of hydrogen-bond donors (Lipinski definition) is 0. The smallest absolute Gasteiger partial charge is 0.267 e. The highest BCUT2D eigenvalue weighted by Crippen LogP contribution is 2.36. The van der Waals surface area contributed by atoms with Crippen molar-refractivity contribution in [3.8, 4) is 17.5 Å². The predicted molar refractivity (Wildman–Crippen MR) is 109 cm³/mol. The maximum absolute atomic E-state index is 13.5. The van der Waals surface area contributed by atoms with E-state index in [1.54, 1.807) is 15.9 Å². The van der Waals surface area contributed by atoms with E-state index in [1.165, 1.54) is 16.6 Å². The normalized spacial score (nSPS) is 14.1. The zero-order valence-corrected chi connectivity index (χ0v) is 16.8. The molecule has 0 aliphatic heterocycles. The molecule has 2 aromatic heterocycles. The van der Waals surface area contributed by atoms with Gasteiger partial charge in [0.15, 0.2) is 5.16 Å². The third-order valence-corrected chi connectivity index (χ3v) is 6.71. The van der Waals surface area contributed by atoms with Gasteiger partial charge in [0, 0.05) is 4.88 Å². The summed E-state index contributed by atoms with van der Waals surface area (Å²) in [6, 6.07) is 9.67. The molecule has 7 heteroatoms. The van der Waals surface area contributed by atoms with Crippen LogP contribution in [-0.4, -0.2) is 21.4 Å². The quantitative estimate of drug-likeness (QED) is 0.473. The summed E-state index contributed by atoms with van der Waals surface area (Å²) in [5.74, 6) is 0.763. The Morgan fingerprint density at radius 3 is 2.85 bits per heavy atom. The molecule has 0 saturated carbocycles. The van der Waals surface area contributed by atoms with E-state index in [1.807, 2.05) is 38.1 Å². The summed E-state index contributed by atoms with van der Waals surface area (Å²) in [6.45, 7) is 4.35. The van der Waals surface area contributed by atoms with Crippen molar-refractivity contribution < 1.29 is 4.74 Å². The van der Waals surface area contributed by atoms with E-state index in [4.69, 9.17) is 9.72 Å². The maximum Gasteiger partial charge on any atom is 0.267 e. The van der Waals surface area contributed by atoms with Crippen molar-refractivity contribution in [1.82, 2.24) is 9.55 Å². The number of thioether (sulfide) groups is 1. The second-order valence-electron chi connectivity index (χ2n) is 6.39. The van der Waals surface area contributed by atoms with Crippen molar-refractivity contribution in [2.24, 2.45) is 0 Å². The molecule has 0 amide bonds. The minimum Gasteiger partial charge on any atom is -0.494 e. The molecular weight excluding hydrogens is 378 g/mol. The van der Waals surface area contributed by atoms with Crippen LogP contribution in [0.25, 0.3) is 15.9 Å². The number of fused-ring (bicyclic) bond motifs is 3. The first-order valence-corrected chi connectivity index (χ1v) is 10.7. The van der Waals surface area contributed by atoms with Gasteiger partial charge in [-0.15, -0.1) is 11.3 Å². The Hall–Kier alpha value is -2.30. The maximum atomic E-state index is 13.5. The van der Waals surface area contributed by atoms with E-state index in [0.717, 1.165) is 46.5 Å². The monoisotopic (exact) mass is 397 g/mol. The van der Waals surface area contributed by atoms with Gasteiger partial charge in [-0.2, -0.15) is 5.26 Å². The van der Waals surface area contributed by atoms with Crippen molar-refractivity contribution in [1.29, 1.82) is 5.26 Å². The zero-order valence-electron chi connectivity index (χ0n) is 15.2. The largest absolute Gasteiger partial charge is 0.494 e. The van der Waals surface area contributed by atoms with Gasteiger partial charge in [0.2, 0.25) is 0 Å². The Bertz CT molecular complexity index is 1090. The van der Waals surface area contributed by atoms with Crippen LogP contribution in [0.4, 0.5) is 0 Å². The van der Waals surface area contributed by atoms with Crippen LogP contribution in [0.2, 0.25) is 0 Å². The molecule has 2 heterocycles. The zero-order chi connectivity index (χ0) is 19.0. The molecule has 4 rings (SSSR count). The van der Waals surface area contributed by atoms with Crippen LogP contribution in [0.15, 0.2) is 34.2 Å². The van der Waals surface area contributed by atoms with E-state index >= 15 is 0 Å². The Labute approximate surface area is 165 Å². The Kier molecular flexibility index (Phi) is 4.94. The highest BCUT2D eigenvalue weighted by Gasteiger charge is 2.24. The van der Waals surface area contributed by atoms with Gasteiger partial charge in [0.25, 0.3) is 5.56 Å². The van der Waals surface area contributed by atoms with E-state index in [2.05, 4.69) is 6.07 Å². The lowest BCUT2D eigenvalue weighted by Gasteiger charge is -2.13. The molecule has 1 aromatic carbocycles. The third kappa shape index (κ3) is 3.24. The van der Waals surface area contributed by atoms with Crippen molar-refractivity contribution in [3.05, 3.63) is 45.1 Å². The number of aromatic nitrogens is 2. The average molecular weight is 398 g/mol. The number of nitrogens with zero attached hydrogens (tertiary/aromatic N) is 3. The number of rotatable bonds is 5. The molecule has 0 radical (unpaired) electrons. The van der Waals surface area contributed by atoms with Gasteiger partial charge >= 0.3 is 0 Å². The molecular formula is C20H19N3O2S2. The molecule has 5 nitrogen and oxygen atoms in total. The molecule has 0 fully saturated rings. The number of thiophene rings is 1. The average Bonchev–Trinajstić information content (AvgIpc) is 3.24. The van der Waals surface area contributed by atoms with Crippen LogP contribution in [0.1, 0.15) is 30.7 Å². The van der Waals surface area contributed by atoms with Gasteiger partial charge in [-0.3, -0.25) is 9.36 Å². The third-order valence-electron chi connectivity index (χ3n) is 4.58. The van der Waals surface area contributed by atoms with Gasteiger partial charge in [0.05, 0.1) is 29.0 Å². The van der Waals surface area contributed by atoms with Crippen LogP contribution in [0.3, 0.4) is 0 Å². The standard InChI is InChI=1S/C20H19N3O2S2/c1-3-25-14-9-7-13(8-10-14)23-19(24)17-15-5-4-6-16(15)27-18(17)22-20(23)26-12(2)11-21/h7-10,12H,3-6H2,1-2H3. The van der Waals surface area contributed by atoms with Crippen LogP contribution in [0, 0.1) is 11.3 Å². The van der Waals surface area contributed by atoms with Gasteiger partial charge < -0.3 is 4.74 Å². The Morgan fingerprint density at radius 2 is 2.15 bits per heavy atom. The molecule has 0 bridgehead atoms. The Morgan fingerprint density at radius 1 is 1.37 bits per heavy atom. The fourth-order valence-electron chi connectivity index (χ4n) is 3.37. The summed E-state index contributed by atoms with van der Waals surface area (Å²) in [5, 5.41) is 10.2. The molecule has 1 atom stereocenters. The predicted octanol–water partition coefficient (Wildman–Crippen LogP) is 4.34. The second kappa shape index (κ2) is 7.37. The molecule has 1 aliphatic carbocycles. The molecule has 3 aromatic rings. The summed E-state index contributed by atoms with van der Waals surface area (Å²) in [5.41, 5.74) is 1.86. The van der Waals surface area contributed by atoms with Crippen LogP contribution in [0.5, 0.6) is 5.75 Å². The fraction of sp³-hybridized carbons (Fsp3) is 0.350. The molecule has 0 spiro atoms. The lowest BCUT2D eigenvalue weighted by atomic mass is 10.2. The fourth-order valence-corrected chi connectivity index (χ4v) is 5.49. The minimum absolute atomic E-state index is 0.0452. The molecule has 1 unspecified atom stereocenters. The number of ether oxygens (including phenoxy) is 1. The van der Waals surface area contributed by atoms with Gasteiger partial charge in [-0.1, -0.05) is 11.8 Å². The van der Waals surface area contributed by atoms with E-state index < -0.39 is 0 Å². The van der Waals surface area contributed by atoms with Crippen molar-refractivity contribution in [2.75, 3.05) is 6.61 Å². The SMILES string of the molecule is CCOc1ccc(-n2c(SC(C)C#N)nc3sc4c(c3c2=O)CCC4)cc1. The lowest BCUT2D eigenvalue weighted by Crippen LogP contribution is -2.22. The molecule has 1 aliphatic rings. The molecule has 138 valence electrons. The summed E-state index contributed by atoms with van der Waals surface area (Å²) in [7, 11) is 0. The topological polar surface area (TPSA) is 67.9 Å². The Balaban J connectivity index is 1.92. The highest BCUT2D eigenvalue weighted by molar-refractivity contribution is 8.00. The van der Waals surface area contributed by atoms with E-state index in [9.17, 15) is 10.1 Å². The first-order chi connectivity index (χ1) is 13.1. The van der Waals surface area contributed by atoms with Crippen LogP contribution >= 0.6 is 23.1 Å². The van der Waals surface area contributed by atoms with Crippen LogP contribution in [-0.2, 0) is 12.8 Å².